The Kier molecular flexibility index (Phi) is 9.24. The van der Waals surface area contributed by atoms with Crippen LogP contribution in [0.5, 0.6) is 0 Å². The second kappa shape index (κ2) is 8.39. The average Bonchev–Trinajstić information content (AvgIpc) is 2.13. The van der Waals surface area contributed by atoms with E-state index in [4.69, 9.17) is 10.3 Å². The van der Waals surface area contributed by atoms with Gasteiger partial charge in [-0.25, -0.2) is 0 Å². The summed E-state index contributed by atoms with van der Waals surface area (Å²) in [5.41, 5.74) is 5.63. The molecule has 0 aliphatic carbocycles. The summed E-state index contributed by atoms with van der Waals surface area (Å²) in [5.74, 6) is -0.316. The minimum absolute atomic E-state index is 0.316. The fraction of sp³-hybridized carbons (Fsp3) is 0.625. The van der Waals surface area contributed by atoms with Gasteiger partial charge in [0, 0.05) is 5.57 Å². The highest BCUT2D eigenvalue weighted by atomic mass is 32.3. The van der Waals surface area contributed by atoms with Gasteiger partial charge in [-0.05, 0) is 13.3 Å². The molecule has 0 spiro atoms. The van der Waals surface area contributed by atoms with Crippen LogP contribution in [-0.4, -0.2) is 26.0 Å². The molecule has 90 valence electrons. The van der Waals surface area contributed by atoms with Crippen molar-refractivity contribution in [1.82, 2.24) is 0 Å². The van der Waals surface area contributed by atoms with Crippen molar-refractivity contribution < 1.29 is 21.9 Å². The van der Waals surface area contributed by atoms with E-state index >= 15 is 0 Å². The number of allylic oxidation sites excluding steroid dienone is 1. The summed E-state index contributed by atoms with van der Waals surface area (Å²) >= 11 is 0. The van der Waals surface area contributed by atoms with E-state index in [9.17, 15) is 13.2 Å². The van der Waals surface area contributed by atoms with E-state index in [1.165, 1.54) is 0 Å². The fourth-order valence-corrected chi connectivity index (χ4v) is 0.461. The molecule has 1 amide bonds. The van der Waals surface area contributed by atoms with E-state index in [-0.39, 0.29) is 5.91 Å². The van der Waals surface area contributed by atoms with Gasteiger partial charge in [0.05, 0.1) is 7.11 Å². The number of nitrogens with two attached hydrogens (primary N) is 1. The summed E-state index contributed by atoms with van der Waals surface area (Å²) in [5, 5.41) is 0. The van der Waals surface area contributed by atoms with E-state index in [0.717, 1.165) is 20.0 Å². The lowest BCUT2D eigenvalue weighted by atomic mass is 10.2. The number of amides is 1. The molecule has 0 aromatic carbocycles. The molecular weight excluding hydrogens is 222 g/mol. The zero-order valence-corrected chi connectivity index (χ0v) is 9.87. The van der Waals surface area contributed by atoms with Crippen LogP contribution >= 0.6 is 0 Å². The van der Waals surface area contributed by atoms with E-state index in [1.54, 1.807) is 6.92 Å². The van der Waals surface area contributed by atoms with Crippen molar-refractivity contribution >= 4 is 16.3 Å². The monoisotopic (exact) mass is 239 g/mol. The number of primary amides is 1. The van der Waals surface area contributed by atoms with Gasteiger partial charge in [0.25, 0.3) is 0 Å². The minimum atomic E-state index is -4.16. The largest absolute Gasteiger partial charge is 0.397 e. The molecule has 0 atom stereocenters. The van der Waals surface area contributed by atoms with Crippen molar-refractivity contribution in [2.24, 2.45) is 5.73 Å². The SMILES string of the molecule is CCCC=C(C)C(N)=O.COS(=O)(=O)O. The van der Waals surface area contributed by atoms with Crippen LogP contribution in [0.3, 0.4) is 0 Å². The van der Waals surface area contributed by atoms with Crippen molar-refractivity contribution in [1.29, 1.82) is 0 Å². The predicted molar refractivity (Wildman–Crippen MR) is 56.4 cm³/mol. The second-order valence-electron chi connectivity index (χ2n) is 2.63. The molecule has 0 rings (SSSR count). The lowest BCUT2D eigenvalue weighted by Gasteiger charge is -1.90. The maximum Gasteiger partial charge on any atom is 0.397 e. The first-order valence-corrected chi connectivity index (χ1v) is 5.60. The summed E-state index contributed by atoms with van der Waals surface area (Å²) < 4.78 is 29.7. The van der Waals surface area contributed by atoms with Crippen LogP contribution in [0.15, 0.2) is 11.6 Å². The van der Waals surface area contributed by atoms with E-state index < -0.39 is 10.4 Å². The lowest BCUT2D eigenvalue weighted by Crippen LogP contribution is -2.11. The van der Waals surface area contributed by atoms with E-state index in [1.807, 2.05) is 6.08 Å². The number of hydrogen-bond donors (Lipinski definition) is 2. The first-order chi connectivity index (χ1) is 6.74. The van der Waals surface area contributed by atoms with E-state index in [2.05, 4.69) is 11.1 Å². The molecule has 0 aromatic rings. The predicted octanol–water partition coefficient (Wildman–Crippen LogP) is 0.654. The van der Waals surface area contributed by atoms with Crippen LogP contribution in [0.1, 0.15) is 26.7 Å². The van der Waals surface area contributed by atoms with Gasteiger partial charge in [0.1, 0.15) is 0 Å². The molecule has 0 aliphatic rings. The molecule has 15 heavy (non-hydrogen) atoms. The third-order valence-electron chi connectivity index (χ3n) is 1.34. The van der Waals surface area contributed by atoms with Crippen LogP contribution in [0, 0.1) is 0 Å². The molecule has 3 N–H and O–H groups in total. The molecule has 6 nitrogen and oxygen atoms in total. The Balaban J connectivity index is 0. The van der Waals surface area contributed by atoms with Crippen LogP contribution in [0.2, 0.25) is 0 Å². The molecule has 0 fully saturated rings. The summed E-state index contributed by atoms with van der Waals surface area (Å²) in [4.78, 5) is 10.4. The zero-order valence-electron chi connectivity index (χ0n) is 9.06. The normalized spacial score (nSPS) is 11.6. The van der Waals surface area contributed by atoms with Crippen molar-refractivity contribution in [3.63, 3.8) is 0 Å². The van der Waals surface area contributed by atoms with Gasteiger partial charge in [-0.1, -0.05) is 19.4 Å². The van der Waals surface area contributed by atoms with Crippen LogP contribution in [0.4, 0.5) is 0 Å². The van der Waals surface area contributed by atoms with Gasteiger partial charge in [0.15, 0.2) is 0 Å². The molecular formula is C8H17NO5S. The quantitative estimate of drug-likeness (QED) is 0.553. The number of carbonyl (C=O) groups is 1. The third-order valence-corrected chi connectivity index (χ3v) is 1.76. The van der Waals surface area contributed by atoms with Gasteiger partial charge in [-0.2, -0.15) is 8.42 Å². The summed E-state index contributed by atoms with van der Waals surface area (Å²) in [6.45, 7) is 3.79. The van der Waals surface area contributed by atoms with Gasteiger partial charge in [0.2, 0.25) is 5.91 Å². The standard InChI is InChI=1S/C7H13NO.CH4O4S/c1-3-4-5-6(2)7(8)9;1-5-6(2,3)4/h5H,3-4H2,1-2H3,(H2,8,9);1H3,(H,2,3,4). The third kappa shape index (κ3) is 15.8. The van der Waals surface area contributed by atoms with Crippen LogP contribution in [0.25, 0.3) is 0 Å². The number of carbonyl (C=O) groups excluding carboxylic acids is 1. The minimum Gasteiger partial charge on any atom is -0.366 e. The first-order valence-electron chi connectivity index (χ1n) is 4.24. The molecule has 0 bridgehead atoms. The Bertz CT molecular complexity index is 307. The first kappa shape index (κ1) is 16.5. The number of rotatable bonds is 4. The molecule has 0 unspecified atom stereocenters. The van der Waals surface area contributed by atoms with Gasteiger partial charge >= 0.3 is 10.4 Å². The zero-order chi connectivity index (χ0) is 12.5. The highest BCUT2D eigenvalue weighted by Crippen LogP contribution is 1.95. The fourth-order valence-electron chi connectivity index (χ4n) is 0.461. The molecule has 0 aromatic heterocycles. The lowest BCUT2D eigenvalue weighted by molar-refractivity contribution is -0.114. The maximum atomic E-state index is 10.4. The van der Waals surface area contributed by atoms with Gasteiger partial charge in [-0.15, -0.1) is 0 Å². The van der Waals surface area contributed by atoms with Gasteiger partial charge in [-0.3, -0.25) is 13.5 Å². The highest BCUT2D eigenvalue weighted by molar-refractivity contribution is 7.80. The Hall–Kier alpha value is -0.920. The van der Waals surface area contributed by atoms with Crippen molar-refractivity contribution in [2.75, 3.05) is 7.11 Å². The highest BCUT2D eigenvalue weighted by Gasteiger charge is 1.94. The average molecular weight is 239 g/mol. The van der Waals surface area contributed by atoms with Crippen molar-refractivity contribution in [3.8, 4) is 0 Å². The topological polar surface area (TPSA) is 107 Å². The molecule has 0 saturated heterocycles. The van der Waals surface area contributed by atoms with Crippen LogP contribution < -0.4 is 5.73 Å². The Morgan fingerprint density at radius 3 is 2.13 bits per heavy atom. The Morgan fingerprint density at radius 1 is 1.53 bits per heavy atom. The molecule has 0 radical (unpaired) electrons. The van der Waals surface area contributed by atoms with E-state index in [0.29, 0.717) is 5.57 Å². The molecule has 0 heterocycles. The van der Waals surface area contributed by atoms with Gasteiger partial charge < -0.3 is 5.73 Å². The number of hydrogen-bond acceptors (Lipinski definition) is 4. The molecule has 0 saturated carbocycles. The Labute approximate surface area is 90.1 Å². The van der Waals surface area contributed by atoms with Crippen molar-refractivity contribution in [2.45, 2.75) is 26.7 Å². The molecule has 0 aliphatic heterocycles. The smallest absolute Gasteiger partial charge is 0.366 e. The summed E-state index contributed by atoms with van der Waals surface area (Å²) in [7, 11) is -3.29. The number of unbranched alkanes of at least 4 members (excludes halogenated alkanes) is 1. The second-order valence-corrected chi connectivity index (χ2v) is 3.82. The Morgan fingerprint density at radius 2 is 1.93 bits per heavy atom. The summed E-state index contributed by atoms with van der Waals surface area (Å²) in [6.07, 6.45) is 3.86. The van der Waals surface area contributed by atoms with Crippen LogP contribution in [-0.2, 0) is 19.4 Å². The summed E-state index contributed by atoms with van der Waals surface area (Å²) in [6, 6.07) is 0. The van der Waals surface area contributed by atoms with Crippen molar-refractivity contribution in [3.05, 3.63) is 11.6 Å². The molecule has 7 heteroatoms. The maximum absolute atomic E-state index is 10.4.